The molecule has 0 saturated heterocycles. The molecule has 1 aromatic carbocycles. The maximum atomic E-state index is 9.77. The van der Waals surface area contributed by atoms with Crippen molar-refractivity contribution in [1.29, 1.82) is 0 Å². The molecule has 0 aromatic heterocycles. The van der Waals surface area contributed by atoms with Crippen molar-refractivity contribution in [1.82, 2.24) is 0 Å². The van der Waals surface area contributed by atoms with Crippen LogP contribution in [0.2, 0.25) is 0 Å². The lowest BCUT2D eigenvalue weighted by molar-refractivity contribution is 0.174. The third kappa shape index (κ3) is 3.72. The Bertz CT molecular complexity index is 377. The van der Waals surface area contributed by atoms with Crippen LogP contribution in [0.25, 0.3) is 0 Å². The van der Waals surface area contributed by atoms with Gasteiger partial charge in [-0.15, -0.1) is 0 Å². The van der Waals surface area contributed by atoms with E-state index in [4.69, 9.17) is 5.73 Å². The van der Waals surface area contributed by atoms with Crippen LogP contribution in [0, 0.1) is 20.8 Å². The number of nitrogens with two attached hydrogens (primary N) is 1. The van der Waals surface area contributed by atoms with Crippen LogP contribution < -0.4 is 10.6 Å². The third-order valence-electron chi connectivity index (χ3n) is 3.21. The highest BCUT2D eigenvalue weighted by Gasteiger charge is 2.11. The minimum absolute atomic E-state index is 0.356. The minimum Gasteiger partial charge on any atom is -0.391 e. The summed E-state index contributed by atoms with van der Waals surface area (Å²) in [6.07, 6.45) is 0.292. The monoisotopic (exact) mass is 236 g/mol. The fraction of sp³-hybridized carbons (Fsp3) is 0.571. The number of aliphatic hydroxyl groups is 1. The molecule has 0 fully saturated rings. The Hall–Kier alpha value is -1.06. The van der Waals surface area contributed by atoms with Gasteiger partial charge in [0.15, 0.2) is 0 Å². The van der Waals surface area contributed by atoms with Crippen LogP contribution in [-0.4, -0.2) is 31.3 Å². The Balaban J connectivity index is 2.81. The van der Waals surface area contributed by atoms with Gasteiger partial charge >= 0.3 is 0 Å². The Kier molecular flexibility index (Phi) is 4.97. The lowest BCUT2D eigenvalue weighted by Crippen LogP contribution is -2.31. The number of anilines is 1. The first kappa shape index (κ1) is 14.0. The number of benzene rings is 1. The van der Waals surface area contributed by atoms with E-state index in [2.05, 4.69) is 37.8 Å². The van der Waals surface area contributed by atoms with E-state index >= 15 is 0 Å². The molecule has 0 amide bonds. The number of hydrogen-bond acceptors (Lipinski definition) is 3. The van der Waals surface area contributed by atoms with E-state index in [1.54, 1.807) is 0 Å². The van der Waals surface area contributed by atoms with Crippen molar-refractivity contribution in [2.75, 3.05) is 25.0 Å². The van der Waals surface area contributed by atoms with E-state index in [-0.39, 0.29) is 6.10 Å². The number of likely N-dealkylation sites (N-methyl/N-ethyl adjacent to an activating group) is 1. The first-order chi connectivity index (χ1) is 7.95. The van der Waals surface area contributed by atoms with E-state index in [9.17, 15) is 5.11 Å². The van der Waals surface area contributed by atoms with Crippen LogP contribution in [0.15, 0.2) is 12.1 Å². The van der Waals surface area contributed by atoms with Gasteiger partial charge in [0.2, 0.25) is 0 Å². The Morgan fingerprint density at radius 1 is 1.18 bits per heavy atom. The SMILES string of the molecule is Cc1cc(C)c(N(C)CC(O)CCN)cc1C. The summed E-state index contributed by atoms with van der Waals surface area (Å²) in [6.45, 7) is 7.49. The summed E-state index contributed by atoms with van der Waals surface area (Å²) in [5, 5.41) is 9.77. The van der Waals surface area contributed by atoms with Gasteiger partial charge in [-0.05, 0) is 56.5 Å². The summed E-state index contributed by atoms with van der Waals surface area (Å²) in [6, 6.07) is 4.37. The highest BCUT2D eigenvalue weighted by Crippen LogP contribution is 2.23. The zero-order valence-corrected chi connectivity index (χ0v) is 11.3. The van der Waals surface area contributed by atoms with Crippen molar-refractivity contribution in [2.45, 2.75) is 33.3 Å². The highest BCUT2D eigenvalue weighted by atomic mass is 16.3. The van der Waals surface area contributed by atoms with Crippen molar-refractivity contribution in [2.24, 2.45) is 5.73 Å². The van der Waals surface area contributed by atoms with Crippen molar-refractivity contribution < 1.29 is 5.11 Å². The van der Waals surface area contributed by atoms with Crippen LogP contribution in [0.5, 0.6) is 0 Å². The van der Waals surface area contributed by atoms with Gasteiger partial charge in [0, 0.05) is 19.3 Å². The molecule has 0 heterocycles. The predicted octanol–water partition coefficient (Wildman–Crippen LogP) is 1.76. The van der Waals surface area contributed by atoms with Crippen molar-refractivity contribution in [3.05, 3.63) is 28.8 Å². The van der Waals surface area contributed by atoms with Gasteiger partial charge in [0.1, 0.15) is 0 Å². The molecule has 0 bridgehead atoms. The summed E-state index contributed by atoms with van der Waals surface area (Å²) >= 11 is 0. The average molecular weight is 236 g/mol. The molecule has 1 aromatic rings. The molecule has 0 saturated carbocycles. The normalized spacial score (nSPS) is 12.6. The van der Waals surface area contributed by atoms with Crippen LogP contribution in [0.3, 0.4) is 0 Å². The minimum atomic E-state index is -0.356. The van der Waals surface area contributed by atoms with Gasteiger partial charge in [-0.2, -0.15) is 0 Å². The van der Waals surface area contributed by atoms with Crippen molar-refractivity contribution in [3.63, 3.8) is 0 Å². The molecule has 3 nitrogen and oxygen atoms in total. The van der Waals surface area contributed by atoms with Crippen molar-refractivity contribution >= 4 is 5.69 Å². The van der Waals surface area contributed by atoms with Gasteiger partial charge in [0.25, 0.3) is 0 Å². The standard InChI is InChI=1S/C14H24N2O/c1-10-7-12(3)14(8-11(10)2)16(4)9-13(17)5-6-15/h7-8,13,17H,5-6,9,15H2,1-4H3. The molecule has 17 heavy (non-hydrogen) atoms. The summed E-state index contributed by atoms with van der Waals surface area (Å²) in [5.41, 5.74) is 10.5. The van der Waals surface area contributed by atoms with Crippen LogP contribution in [0.4, 0.5) is 5.69 Å². The number of aryl methyl sites for hydroxylation is 3. The summed E-state index contributed by atoms with van der Waals surface area (Å²) < 4.78 is 0. The zero-order chi connectivity index (χ0) is 13.0. The molecule has 1 rings (SSSR count). The highest BCUT2D eigenvalue weighted by molar-refractivity contribution is 5.56. The molecular weight excluding hydrogens is 212 g/mol. The predicted molar refractivity (Wildman–Crippen MR) is 73.6 cm³/mol. The van der Waals surface area contributed by atoms with E-state index in [0.717, 1.165) is 0 Å². The van der Waals surface area contributed by atoms with E-state index < -0.39 is 0 Å². The smallest absolute Gasteiger partial charge is 0.0726 e. The Morgan fingerprint density at radius 3 is 2.35 bits per heavy atom. The molecule has 96 valence electrons. The molecule has 0 aliphatic carbocycles. The van der Waals surface area contributed by atoms with Gasteiger partial charge in [-0.3, -0.25) is 0 Å². The Labute approximate surface area is 104 Å². The lowest BCUT2D eigenvalue weighted by atomic mass is 10.0. The molecule has 0 radical (unpaired) electrons. The molecule has 3 heteroatoms. The Morgan fingerprint density at radius 2 is 1.76 bits per heavy atom. The number of rotatable bonds is 5. The first-order valence-corrected chi connectivity index (χ1v) is 6.12. The molecule has 3 N–H and O–H groups in total. The molecule has 1 unspecified atom stereocenters. The molecule has 0 spiro atoms. The maximum Gasteiger partial charge on any atom is 0.0726 e. The maximum absolute atomic E-state index is 9.77. The largest absolute Gasteiger partial charge is 0.391 e. The third-order valence-corrected chi connectivity index (χ3v) is 3.21. The molecule has 0 aliphatic rings. The van der Waals surface area contributed by atoms with E-state index in [0.29, 0.717) is 19.5 Å². The van der Waals surface area contributed by atoms with Gasteiger partial charge in [0.05, 0.1) is 6.10 Å². The topological polar surface area (TPSA) is 49.5 Å². The fourth-order valence-electron chi connectivity index (χ4n) is 2.05. The second-order valence-corrected chi connectivity index (χ2v) is 4.83. The number of aliphatic hydroxyl groups excluding tert-OH is 1. The van der Waals surface area contributed by atoms with Gasteiger partial charge in [-0.1, -0.05) is 6.07 Å². The molecule has 0 aliphatic heterocycles. The quantitative estimate of drug-likeness (QED) is 0.819. The second kappa shape index (κ2) is 6.03. The fourth-order valence-corrected chi connectivity index (χ4v) is 2.05. The van der Waals surface area contributed by atoms with Crippen LogP contribution >= 0.6 is 0 Å². The first-order valence-electron chi connectivity index (χ1n) is 6.12. The average Bonchev–Trinajstić information content (AvgIpc) is 2.23. The molecule has 1 atom stereocenters. The summed E-state index contributed by atoms with van der Waals surface area (Å²) in [7, 11) is 2.01. The van der Waals surface area contributed by atoms with Gasteiger partial charge < -0.3 is 15.7 Å². The summed E-state index contributed by atoms with van der Waals surface area (Å²) in [5.74, 6) is 0. The number of nitrogens with zero attached hydrogens (tertiary/aromatic N) is 1. The number of hydrogen-bond donors (Lipinski definition) is 2. The van der Waals surface area contributed by atoms with E-state index in [1.807, 2.05) is 7.05 Å². The van der Waals surface area contributed by atoms with Crippen LogP contribution in [0.1, 0.15) is 23.1 Å². The van der Waals surface area contributed by atoms with Crippen LogP contribution in [-0.2, 0) is 0 Å². The van der Waals surface area contributed by atoms with Gasteiger partial charge in [-0.25, -0.2) is 0 Å². The summed E-state index contributed by atoms with van der Waals surface area (Å²) in [4.78, 5) is 2.10. The zero-order valence-electron chi connectivity index (χ0n) is 11.3. The second-order valence-electron chi connectivity index (χ2n) is 4.83. The van der Waals surface area contributed by atoms with Crippen molar-refractivity contribution in [3.8, 4) is 0 Å². The van der Waals surface area contributed by atoms with E-state index in [1.165, 1.54) is 22.4 Å². The molecular formula is C14H24N2O. The lowest BCUT2D eigenvalue weighted by Gasteiger charge is -2.25.